The van der Waals surface area contributed by atoms with Crippen LogP contribution in [-0.4, -0.2) is 15.8 Å². The van der Waals surface area contributed by atoms with Gasteiger partial charge in [0.2, 0.25) is 0 Å². The van der Waals surface area contributed by atoms with E-state index in [1.54, 1.807) is 6.20 Å². The molecule has 0 radical (unpaired) electrons. The van der Waals surface area contributed by atoms with E-state index in [0.717, 1.165) is 56.2 Å². The van der Waals surface area contributed by atoms with Crippen LogP contribution in [-0.2, 0) is 6.18 Å². The number of benzene rings is 3. The summed E-state index contributed by atoms with van der Waals surface area (Å²) < 4.78 is 39.6. The molecule has 2 aliphatic heterocycles. The maximum atomic E-state index is 13.2. The van der Waals surface area contributed by atoms with Crippen molar-refractivity contribution in [2.45, 2.75) is 26.2 Å². The summed E-state index contributed by atoms with van der Waals surface area (Å²) in [6.07, 6.45) is -1.47. The number of carbonyl (C=O) groups is 1. The Bertz CT molecular complexity index is 1500. The zero-order valence-electron chi connectivity index (χ0n) is 17.3. The number of aromatic amines is 1. The number of hydrogen-bond donors (Lipinski definition) is 2. The number of fused-ring (bicyclic) bond motifs is 7. The first kappa shape index (κ1) is 19.0. The molecule has 1 unspecified atom stereocenters. The van der Waals surface area contributed by atoms with Crippen LogP contribution in [0, 0.1) is 13.8 Å². The molecule has 4 aromatic rings. The van der Waals surface area contributed by atoms with Gasteiger partial charge in [0, 0.05) is 33.7 Å². The fourth-order valence-corrected chi connectivity index (χ4v) is 5.07. The van der Waals surface area contributed by atoms with Crippen molar-refractivity contribution in [3.05, 3.63) is 82.0 Å². The predicted molar refractivity (Wildman–Crippen MR) is 118 cm³/mol. The van der Waals surface area contributed by atoms with Crippen LogP contribution < -0.4 is 5.32 Å². The molecule has 32 heavy (non-hydrogen) atoms. The van der Waals surface area contributed by atoms with Crippen molar-refractivity contribution in [3.8, 4) is 0 Å². The second-order valence-corrected chi connectivity index (χ2v) is 8.33. The third-order valence-electron chi connectivity index (χ3n) is 6.61. The summed E-state index contributed by atoms with van der Waals surface area (Å²) in [6.45, 7) is 4.08. The molecule has 0 saturated carbocycles. The van der Waals surface area contributed by atoms with E-state index >= 15 is 0 Å². The number of rotatable bonds is 0. The van der Waals surface area contributed by atoms with Crippen LogP contribution in [0.3, 0.4) is 0 Å². The number of anilines is 1. The van der Waals surface area contributed by atoms with E-state index < -0.39 is 23.8 Å². The zero-order valence-corrected chi connectivity index (χ0v) is 17.3. The fraction of sp³-hybridized carbons (Fsp3) is 0.160. The highest BCUT2D eigenvalue weighted by Gasteiger charge is 2.39. The predicted octanol–water partition coefficient (Wildman–Crippen LogP) is 6.51. The normalized spacial score (nSPS) is 17.3. The van der Waals surface area contributed by atoms with E-state index in [2.05, 4.69) is 16.4 Å². The smallest absolute Gasteiger partial charge is 0.360 e. The standard InChI is InChI=1S/C25H18F3N3O/c1-12-15-9-10-31-23(30-19-8-7-14(25(26,27)28)11-17(19)24(31)32)21(15)13(2)20-16-5-3-4-6-18(16)29-22(12)20/h3-11,23,29-30H,1-2H3. The lowest BCUT2D eigenvalue weighted by molar-refractivity contribution is -0.137. The third-order valence-corrected chi connectivity index (χ3v) is 6.61. The molecule has 3 aromatic carbocycles. The molecule has 3 heterocycles. The molecule has 2 aliphatic rings. The van der Waals surface area contributed by atoms with Crippen molar-refractivity contribution >= 4 is 39.5 Å². The Hall–Kier alpha value is -3.74. The lowest BCUT2D eigenvalue weighted by Crippen LogP contribution is -2.41. The molecule has 0 aliphatic carbocycles. The lowest BCUT2D eigenvalue weighted by Gasteiger charge is -2.40. The summed E-state index contributed by atoms with van der Waals surface area (Å²) in [4.78, 5) is 18.2. The van der Waals surface area contributed by atoms with Gasteiger partial charge in [-0.15, -0.1) is 0 Å². The Morgan fingerprint density at radius 3 is 2.59 bits per heavy atom. The quantitative estimate of drug-likeness (QED) is 0.332. The number of nitrogens with one attached hydrogen (secondary N) is 2. The molecule has 1 aromatic heterocycles. The molecule has 7 heteroatoms. The van der Waals surface area contributed by atoms with Crippen LogP contribution in [0.15, 0.2) is 48.7 Å². The van der Waals surface area contributed by atoms with Gasteiger partial charge in [0.25, 0.3) is 5.91 Å². The van der Waals surface area contributed by atoms with Gasteiger partial charge in [-0.25, -0.2) is 0 Å². The SMILES string of the molecule is Cc1c2c(c(C)c3c1[nH]c1ccccc13)C1Nc3ccc(C(F)(F)F)cc3C(=O)N1C=C2. The highest BCUT2D eigenvalue weighted by molar-refractivity contribution is 6.12. The summed E-state index contributed by atoms with van der Waals surface area (Å²) in [5, 5.41) is 5.51. The number of alkyl halides is 3. The maximum absolute atomic E-state index is 13.2. The zero-order chi connectivity index (χ0) is 22.4. The van der Waals surface area contributed by atoms with Gasteiger partial charge in [0.15, 0.2) is 0 Å². The molecular formula is C25H18F3N3O. The van der Waals surface area contributed by atoms with Gasteiger partial charge >= 0.3 is 6.18 Å². The number of nitrogens with zero attached hydrogens (tertiary/aromatic N) is 1. The number of para-hydroxylation sites is 1. The second kappa shape index (κ2) is 6.16. The van der Waals surface area contributed by atoms with E-state index in [9.17, 15) is 18.0 Å². The molecule has 160 valence electrons. The minimum Gasteiger partial charge on any atom is -0.360 e. The molecule has 4 nitrogen and oxygen atoms in total. The third kappa shape index (κ3) is 2.42. The maximum Gasteiger partial charge on any atom is 0.416 e. The molecule has 0 saturated heterocycles. The monoisotopic (exact) mass is 433 g/mol. The molecule has 6 rings (SSSR count). The number of aryl methyl sites for hydroxylation is 2. The number of amides is 1. The summed E-state index contributed by atoms with van der Waals surface area (Å²) >= 11 is 0. The van der Waals surface area contributed by atoms with Crippen molar-refractivity contribution < 1.29 is 18.0 Å². The second-order valence-electron chi connectivity index (χ2n) is 8.33. The summed E-state index contributed by atoms with van der Waals surface area (Å²) in [6, 6.07) is 11.4. The molecular weight excluding hydrogens is 415 g/mol. The van der Waals surface area contributed by atoms with E-state index in [1.165, 1.54) is 11.0 Å². The molecule has 2 N–H and O–H groups in total. The van der Waals surface area contributed by atoms with Gasteiger partial charge in [0.05, 0.1) is 16.6 Å². The van der Waals surface area contributed by atoms with Gasteiger partial charge in [-0.3, -0.25) is 9.69 Å². The van der Waals surface area contributed by atoms with Gasteiger partial charge < -0.3 is 10.3 Å². The first-order chi connectivity index (χ1) is 15.3. The number of H-pyrrole nitrogens is 1. The molecule has 1 atom stereocenters. The van der Waals surface area contributed by atoms with Crippen molar-refractivity contribution in [3.63, 3.8) is 0 Å². The topological polar surface area (TPSA) is 48.1 Å². The van der Waals surface area contributed by atoms with Gasteiger partial charge in [-0.2, -0.15) is 13.2 Å². The Kier molecular flexibility index (Phi) is 3.65. The molecule has 0 spiro atoms. The lowest BCUT2D eigenvalue weighted by atomic mass is 9.87. The van der Waals surface area contributed by atoms with Crippen molar-refractivity contribution in [1.29, 1.82) is 0 Å². The first-order valence-electron chi connectivity index (χ1n) is 10.3. The van der Waals surface area contributed by atoms with Crippen LogP contribution in [0.5, 0.6) is 0 Å². The van der Waals surface area contributed by atoms with Crippen LogP contribution in [0.25, 0.3) is 27.9 Å². The van der Waals surface area contributed by atoms with Crippen LogP contribution >= 0.6 is 0 Å². The van der Waals surface area contributed by atoms with Crippen LogP contribution in [0.1, 0.15) is 44.3 Å². The van der Waals surface area contributed by atoms with Gasteiger partial charge in [0.1, 0.15) is 6.17 Å². The van der Waals surface area contributed by atoms with Crippen molar-refractivity contribution in [2.24, 2.45) is 0 Å². The fourth-order valence-electron chi connectivity index (χ4n) is 5.07. The van der Waals surface area contributed by atoms with Gasteiger partial charge in [-0.05, 0) is 60.9 Å². The average Bonchev–Trinajstić information content (AvgIpc) is 3.16. The number of hydrogen-bond acceptors (Lipinski definition) is 2. The van der Waals surface area contributed by atoms with Gasteiger partial charge in [-0.1, -0.05) is 18.2 Å². The molecule has 0 fully saturated rings. The highest BCUT2D eigenvalue weighted by Crippen LogP contribution is 2.45. The van der Waals surface area contributed by atoms with Crippen molar-refractivity contribution in [1.82, 2.24) is 9.88 Å². The summed E-state index contributed by atoms with van der Waals surface area (Å²) in [5.41, 5.74) is 5.76. The summed E-state index contributed by atoms with van der Waals surface area (Å²) in [7, 11) is 0. The summed E-state index contributed by atoms with van der Waals surface area (Å²) in [5.74, 6) is -0.451. The first-order valence-corrected chi connectivity index (χ1v) is 10.3. The number of halogens is 3. The average molecular weight is 433 g/mol. The minimum absolute atomic E-state index is 0.0201. The van der Waals surface area contributed by atoms with E-state index in [4.69, 9.17) is 0 Å². The number of carbonyl (C=O) groups excluding carboxylic acids is 1. The van der Waals surface area contributed by atoms with Crippen LogP contribution in [0.2, 0.25) is 0 Å². The van der Waals surface area contributed by atoms with E-state index in [-0.39, 0.29) is 5.56 Å². The largest absolute Gasteiger partial charge is 0.416 e. The highest BCUT2D eigenvalue weighted by atomic mass is 19.4. The molecule has 0 bridgehead atoms. The van der Waals surface area contributed by atoms with E-state index in [1.807, 2.05) is 38.1 Å². The Balaban J connectivity index is 1.58. The Morgan fingerprint density at radius 2 is 1.81 bits per heavy atom. The number of aromatic nitrogens is 1. The Labute approximate surface area is 181 Å². The van der Waals surface area contributed by atoms with Crippen LogP contribution in [0.4, 0.5) is 18.9 Å². The molecule has 1 amide bonds. The minimum atomic E-state index is -4.51. The Morgan fingerprint density at radius 1 is 1.03 bits per heavy atom. The van der Waals surface area contributed by atoms with E-state index in [0.29, 0.717) is 5.69 Å². The van der Waals surface area contributed by atoms with Crippen molar-refractivity contribution in [2.75, 3.05) is 5.32 Å².